The Kier molecular flexibility index (Phi) is 4.09. The standard InChI is InChI=1S/C17H17F2NO2/c18-12-5-6-15(19)14(7-12)16-8-13(21)10-20(16)9-11-3-1-2-4-17(11)22/h1-7,13,16,21-22H,8-10H2. The third-order valence-corrected chi connectivity index (χ3v) is 4.06. The number of aromatic hydroxyl groups is 1. The van der Waals surface area contributed by atoms with Crippen molar-refractivity contribution < 1.29 is 19.0 Å². The van der Waals surface area contributed by atoms with Crippen molar-refractivity contribution >= 4 is 0 Å². The van der Waals surface area contributed by atoms with Crippen LogP contribution in [0.3, 0.4) is 0 Å². The monoisotopic (exact) mass is 305 g/mol. The van der Waals surface area contributed by atoms with Gasteiger partial charge in [0.2, 0.25) is 0 Å². The van der Waals surface area contributed by atoms with Crippen LogP contribution in [0.25, 0.3) is 0 Å². The van der Waals surface area contributed by atoms with Gasteiger partial charge >= 0.3 is 0 Å². The summed E-state index contributed by atoms with van der Waals surface area (Å²) in [6.07, 6.45) is -0.257. The van der Waals surface area contributed by atoms with Gasteiger partial charge in [0.05, 0.1) is 6.10 Å². The minimum absolute atomic E-state index is 0.155. The molecule has 5 heteroatoms. The Balaban J connectivity index is 1.89. The molecule has 2 aromatic carbocycles. The largest absolute Gasteiger partial charge is 0.508 e. The highest BCUT2D eigenvalue weighted by Gasteiger charge is 2.34. The lowest BCUT2D eigenvalue weighted by Crippen LogP contribution is -2.25. The lowest BCUT2D eigenvalue weighted by atomic mass is 10.0. The van der Waals surface area contributed by atoms with Crippen molar-refractivity contribution in [3.8, 4) is 5.75 Å². The number of benzene rings is 2. The molecule has 0 radical (unpaired) electrons. The normalized spacial score (nSPS) is 22.1. The van der Waals surface area contributed by atoms with E-state index in [9.17, 15) is 19.0 Å². The third kappa shape index (κ3) is 2.96. The topological polar surface area (TPSA) is 43.7 Å². The lowest BCUT2D eigenvalue weighted by molar-refractivity contribution is 0.172. The molecule has 0 bridgehead atoms. The molecule has 0 aromatic heterocycles. The highest BCUT2D eigenvalue weighted by Crippen LogP contribution is 2.36. The summed E-state index contributed by atoms with van der Waals surface area (Å²) in [5, 5.41) is 19.8. The van der Waals surface area contributed by atoms with Crippen molar-refractivity contribution in [2.75, 3.05) is 6.54 Å². The molecule has 0 spiro atoms. The van der Waals surface area contributed by atoms with Crippen LogP contribution >= 0.6 is 0 Å². The average Bonchev–Trinajstić information content (AvgIpc) is 2.84. The Hall–Kier alpha value is -1.98. The third-order valence-electron chi connectivity index (χ3n) is 4.06. The second-order valence-corrected chi connectivity index (χ2v) is 5.63. The van der Waals surface area contributed by atoms with Crippen molar-refractivity contribution in [2.45, 2.75) is 25.1 Å². The van der Waals surface area contributed by atoms with Crippen LogP contribution in [0, 0.1) is 11.6 Å². The van der Waals surface area contributed by atoms with E-state index >= 15 is 0 Å². The first-order valence-corrected chi connectivity index (χ1v) is 7.18. The summed E-state index contributed by atoms with van der Waals surface area (Å²) in [6.45, 7) is 0.722. The Morgan fingerprint density at radius 1 is 1.14 bits per heavy atom. The molecule has 0 saturated carbocycles. The van der Waals surface area contributed by atoms with Gasteiger partial charge in [-0.3, -0.25) is 4.90 Å². The molecule has 3 nitrogen and oxygen atoms in total. The number of aliphatic hydroxyl groups is 1. The maximum Gasteiger partial charge on any atom is 0.128 e. The molecular weight excluding hydrogens is 288 g/mol. The maximum atomic E-state index is 14.0. The number of β-amino-alcohol motifs (C(OH)–C–C–N with tert-alkyl or cyclic N) is 1. The summed E-state index contributed by atoms with van der Waals surface area (Å²) in [7, 11) is 0. The van der Waals surface area contributed by atoms with Gasteiger partial charge < -0.3 is 10.2 Å². The Bertz CT molecular complexity index is 677. The number of hydrogen-bond acceptors (Lipinski definition) is 3. The van der Waals surface area contributed by atoms with Gasteiger partial charge in [-0.1, -0.05) is 18.2 Å². The number of para-hydroxylation sites is 1. The maximum absolute atomic E-state index is 14.0. The number of halogens is 2. The first-order chi connectivity index (χ1) is 10.5. The van der Waals surface area contributed by atoms with Crippen molar-refractivity contribution in [1.29, 1.82) is 0 Å². The highest BCUT2D eigenvalue weighted by atomic mass is 19.1. The van der Waals surface area contributed by atoms with E-state index in [1.807, 2.05) is 4.90 Å². The van der Waals surface area contributed by atoms with Crippen LogP contribution in [0.5, 0.6) is 5.75 Å². The second-order valence-electron chi connectivity index (χ2n) is 5.63. The molecule has 2 N–H and O–H groups in total. The van der Waals surface area contributed by atoms with Crippen LogP contribution < -0.4 is 0 Å². The van der Waals surface area contributed by atoms with Gasteiger partial charge in [-0.2, -0.15) is 0 Å². The van der Waals surface area contributed by atoms with Crippen molar-refractivity contribution in [3.05, 3.63) is 65.2 Å². The molecular formula is C17H17F2NO2. The van der Waals surface area contributed by atoms with Gasteiger partial charge in [-0.05, 0) is 30.7 Å². The van der Waals surface area contributed by atoms with Gasteiger partial charge in [-0.25, -0.2) is 8.78 Å². The summed E-state index contributed by atoms with van der Waals surface area (Å²) >= 11 is 0. The van der Waals surface area contributed by atoms with E-state index in [4.69, 9.17) is 0 Å². The van der Waals surface area contributed by atoms with E-state index in [1.165, 1.54) is 6.07 Å². The van der Waals surface area contributed by atoms with Crippen LogP contribution in [-0.2, 0) is 6.54 Å². The van der Waals surface area contributed by atoms with E-state index in [-0.39, 0.29) is 11.3 Å². The van der Waals surface area contributed by atoms with E-state index in [1.54, 1.807) is 24.3 Å². The minimum atomic E-state index is -0.599. The predicted molar refractivity (Wildman–Crippen MR) is 78.2 cm³/mol. The number of hydrogen-bond donors (Lipinski definition) is 2. The van der Waals surface area contributed by atoms with Crippen LogP contribution in [0.1, 0.15) is 23.6 Å². The molecule has 2 aromatic rings. The van der Waals surface area contributed by atoms with E-state index in [0.717, 1.165) is 12.1 Å². The molecule has 1 heterocycles. The van der Waals surface area contributed by atoms with Crippen LogP contribution in [-0.4, -0.2) is 27.8 Å². The SMILES string of the molecule is Oc1ccccc1CN1CC(O)CC1c1cc(F)ccc1F. The molecule has 0 aliphatic carbocycles. The molecule has 2 unspecified atom stereocenters. The van der Waals surface area contributed by atoms with E-state index in [0.29, 0.717) is 25.1 Å². The van der Waals surface area contributed by atoms with Gasteiger partial charge in [0.15, 0.2) is 0 Å². The van der Waals surface area contributed by atoms with Gasteiger partial charge in [0, 0.05) is 30.3 Å². The quantitative estimate of drug-likeness (QED) is 0.916. The molecule has 0 amide bonds. The fraction of sp³-hybridized carbons (Fsp3) is 0.294. The molecule has 1 fully saturated rings. The zero-order chi connectivity index (χ0) is 15.7. The van der Waals surface area contributed by atoms with Crippen molar-refractivity contribution in [2.24, 2.45) is 0 Å². The van der Waals surface area contributed by atoms with Gasteiger partial charge in [0.25, 0.3) is 0 Å². The number of rotatable bonds is 3. The number of phenols is 1. The Morgan fingerprint density at radius 2 is 1.91 bits per heavy atom. The molecule has 2 atom stereocenters. The molecule has 22 heavy (non-hydrogen) atoms. The Morgan fingerprint density at radius 3 is 2.68 bits per heavy atom. The highest BCUT2D eigenvalue weighted by molar-refractivity contribution is 5.32. The van der Waals surface area contributed by atoms with Gasteiger partial charge in [-0.15, -0.1) is 0 Å². The Labute approximate surface area is 127 Å². The molecule has 1 aliphatic heterocycles. The van der Waals surface area contributed by atoms with Gasteiger partial charge in [0.1, 0.15) is 17.4 Å². The predicted octanol–water partition coefficient (Wildman–Crippen LogP) is 2.98. The number of nitrogens with zero attached hydrogens (tertiary/aromatic N) is 1. The number of likely N-dealkylation sites (tertiary alicyclic amines) is 1. The number of phenolic OH excluding ortho intramolecular Hbond substituents is 1. The van der Waals surface area contributed by atoms with Crippen molar-refractivity contribution in [1.82, 2.24) is 4.90 Å². The van der Waals surface area contributed by atoms with Crippen LogP contribution in [0.2, 0.25) is 0 Å². The van der Waals surface area contributed by atoms with Crippen LogP contribution in [0.4, 0.5) is 8.78 Å². The van der Waals surface area contributed by atoms with Crippen LogP contribution in [0.15, 0.2) is 42.5 Å². The zero-order valence-electron chi connectivity index (χ0n) is 11.9. The first-order valence-electron chi connectivity index (χ1n) is 7.18. The fourth-order valence-corrected chi connectivity index (χ4v) is 3.01. The zero-order valence-corrected chi connectivity index (χ0v) is 11.9. The summed E-state index contributed by atoms with van der Waals surface area (Å²) in [4.78, 5) is 1.86. The summed E-state index contributed by atoms with van der Waals surface area (Å²) < 4.78 is 27.4. The smallest absolute Gasteiger partial charge is 0.128 e. The second kappa shape index (κ2) is 6.02. The number of aliphatic hydroxyl groups excluding tert-OH is 1. The molecule has 1 saturated heterocycles. The lowest BCUT2D eigenvalue weighted by Gasteiger charge is -2.25. The first kappa shape index (κ1) is 14.9. The summed E-state index contributed by atoms with van der Waals surface area (Å²) in [6, 6.07) is 9.84. The summed E-state index contributed by atoms with van der Waals surface area (Å²) in [5.41, 5.74) is 0.936. The summed E-state index contributed by atoms with van der Waals surface area (Å²) in [5.74, 6) is -0.828. The molecule has 1 aliphatic rings. The van der Waals surface area contributed by atoms with Crippen molar-refractivity contribution in [3.63, 3.8) is 0 Å². The molecule has 3 rings (SSSR count). The average molecular weight is 305 g/mol. The van der Waals surface area contributed by atoms with E-state index < -0.39 is 23.8 Å². The fourth-order valence-electron chi connectivity index (χ4n) is 3.01. The molecule has 116 valence electrons. The van der Waals surface area contributed by atoms with E-state index in [2.05, 4.69) is 0 Å². The minimum Gasteiger partial charge on any atom is -0.508 e.